The summed E-state index contributed by atoms with van der Waals surface area (Å²) in [4.78, 5) is 0. The normalized spacial score (nSPS) is 10.1. The Kier molecular flexibility index (Phi) is 12.0. The second-order valence-corrected chi connectivity index (χ2v) is 7.34. The number of rotatable bonds is 6. The maximum Gasteiger partial charge on any atom is -0.0276 e. The SMILES string of the molecule is C.CC(C)CCc1ccccc1.Cc1ccc(CCC(C)C)cc1. The monoisotopic (exact) mass is 326 g/mol. The van der Waals surface area contributed by atoms with Gasteiger partial charge in [-0.05, 0) is 55.6 Å². The molecule has 0 amide bonds. The van der Waals surface area contributed by atoms with Gasteiger partial charge in [0, 0.05) is 0 Å². The van der Waals surface area contributed by atoms with Crippen LogP contribution in [-0.4, -0.2) is 0 Å². The molecule has 0 saturated carbocycles. The summed E-state index contributed by atoms with van der Waals surface area (Å²) in [5, 5.41) is 0. The molecule has 0 heteroatoms. The highest BCUT2D eigenvalue weighted by Gasteiger charge is 1.96. The second-order valence-electron chi connectivity index (χ2n) is 7.34. The molecule has 0 bridgehead atoms. The highest BCUT2D eigenvalue weighted by Crippen LogP contribution is 2.10. The zero-order valence-electron chi connectivity index (χ0n) is 15.7. The lowest BCUT2D eigenvalue weighted by atomic mass is 10.0. The van der Waals surface area contributed by atoms with Crippen molar-refractivity contribution in [2.75, 3.05) is 0 Å². The largest absolute Gasteiger partial charge is 0.0776 e. The molecular formula is C24H38. The van der Waals surface area contributed by atoms with Crippen LogP contribution in [0.15, 0.2) is 54.6 Å². The van der Waals surface area contributed by atoms with Crippen LogP contribution in [0.1, 0.15) is 64.7 Å². The van der Waals surface area contributed by atoms with Crippen molar-refractivity contribution in [2.45, 2.75) is 67.7 Å². The van der Waals surface area contributed by atoms with Crippen molar-refractivity contribution in [2.24, 2.45) is 11.8 Å². The van der Waals surface area contributed by atoms with Gasteiger partial charge in [-0.15, -0.1) is 0 Å². The first-order valence-corrected chi connectivity index (χ1v) is 9.07. The first kappa shape index (κ1) is 22.4. The van der Waals surface area contributed by atoms with E-state index in [-0.39, 0.29) is 7.43 Å². The van der Waals surface area contributed by atoms with Gasteiger partial charge in [-0.2, -0.15) is 0 Å². The lowest BCUT2D eigenvalue weighted by Crippen LogP contribution is -1.91. The van der Waals surface area contributed by atoms with E-state index >= 15 is 0 Å². The van der Waals surface area contributed by atoms with Crippen LogP contribution in [0, 0.1) is 18.8 Å². The summed E-state index contributed by atoms with van der Waals surface area (Å²) in [5.74, 6) is 1.63. The molecular weight excluding hydrogens is 288 g/mol. The lowest BCUT2D eigenvalue weighted by Gasteiger charge is -2.04. The van der Waals surface area contributed by atoms with Crippen molar-refractivity contribution < 1.29 is 0 Å². The van der Waals surface area contributed by atoms with Crippen molar-refractivity contribution in [1.82, 2.24) is 0 Å². The fourth-order valence-electron chi connectivity index (χ4n) is 2.31. The molecule has 0 aromatic heterocycles. The third-order valence-corrected chi connectivity index (χ3v) is 3.98. The van der Waals surface area contributed by atoms with Crippen molar-refractivity contribution in [3.63, 3.8) is 0 Å². The van der Waals surface area contributed by atoms with Crippen LogP contribution in [0.25, 0.3) is 0 Å². The van der Waals surface area contributed by atoms with E-state index in [1.54, 1.807) is 0 Å². The zero-order chi connectivity index (χ0) is 17.1. The molecule has 0 unspecified atom stereocenters. The van der Waals surface area contributed by atoms with Gasteiger partial charge in [0.05, 0.1) is 0 Å². The summed E-state index contributed by atoms with van der Waals surface area (Å²) in [6.07, 6.45) is 5.03. The molecule has 134 valence electrons. The highest BCUT2D eigenvalue weighted by molar-refractivity contribution is 5.21. The van der Waals surface area contributed by atoms with Gasteiger partial charge in [-0.3, -0.25) is 0 Å². The van der Waals surface area contributed by atoms with Gasteiger partial charge in [0.1, 0.15) is 0 Å². The summed E-state index contributed by atoms with van der Waals surface area (Å²) in [6.45, 7) is 11.2. The summed E-state index contributed by atoms with van der Waals surface area (Å²) in [6, 6.07) is 19.5. The van der Waals surface area contributed by atoms with Crippen LogP contribution in [0.3, 0.4) is 0 Å². The minimum absolute atomic E-state index is 0. The van der Waals surface area contributed by atoms with Crippen molar-refractivity contribution in [3.05, 3.63) is 71.3 Å². The minimum Gasteiger partial charge on any atom is -0.0776 e. The summed E-state index contributed by atoms with van der Waals surface area (Å²) in [7, 11) is 0. The van der Waals surface area contributed by atoms with Crippen LogP contribution in [0.2, 0.25) is 0 Å². The molecule has 2 aromatic rings. The number of hydrogen-bond acceptors (Lipinski definition) is 0. The smallest absolute Gasteiger partial charge is 0.0276 e. The Morgan fingerprint density at radius 2 is 1.04 bits per heavy atom. The van der Waals surface area contributed by atoms with Crippen molar-refractivity contribution >= 4 is 0 Å². The molecule has 0 saturated heterocycles. The fraction of sp³-hybridized carbons (Fsp3) is 0.500. The van der Waals surface area contributed by atoms with Crippen LogP contribution < -0.4 is 0 Å². The Morgan fingerprint density at radius 1 is 0.625 bits per heavy atom. The molecule has 2 rings (SSSR count). The van der Waals surface area contributed by atoms with E-state index in [9.17, 15) is 0 Å². The molecule has 0 aliphatic carbocycles. The van der Waals surface area contributed by atoms with Gasteiger partial charge >= 0.3 is 0 Å². The third-order valence-electron chi connectivity index (χ3n) is 3.98. The van der Waals surface area contributed by atoms with Crippen molar-refractivity contribution in [3.8, 4) is 0 Å². The molecule has 0 heterocycles. The standard InChI is InChI=1S/C12H18.C11H16.CH4/c1-10(2)4-7-12-8-5-11(3)6-9-12;1-10(2)8-9-11-6-4-3-5-7-11;/h5-6,8-10H,4,7H2,1-3H3;3-7,10H,8-9H2,1-2H3;1H4. The fourth-order valence-corrected chi connectivity index (χ4v) is 2.31. The predicted octanol–water partition coefficient (Wildman–Crippen LogP) is 7.49. The Morgan fingerprint density at radius 3 is 1.46 bits per heavy atom. The van der Waals surface area contributed by atoms with E-state index < -0.39 is 0 Å². The highest BCUT2D eigenvalue weighted by atomic mass is 14.0. The maximum absolute atomic E-state index is 2.27. The van der Waals surface area contributed by atoms with Gasteiger partial charge in [-0.1, -0.05) is 95.3 Å². The van der Waals surface area contributed by atoms with Gasteiger partial charge in [0.25, 0.3) is 0 Å². The molecule has 0 N–H and O–H groups in total. The van der Waals surface area contributed by atoms with Crippen LogP contribution in [-0.2, 0) is 12.8 Å². The van der Waals surface area contributed by atoms with E-state index in [0.717, 1.165) is 11.8 Å². The maximum atomic E-state index is 2.27. The van der Waals surface area contributed by atoms with E-state index in [4.69, 9.17) is 0 Å². The molecule has 0 spiro atoms. The van der Waals surface area contributed by atoms with Crippen LogP contribution in [0.4, 0.5) is 0 Å². The first-order chi connectivity index (χ1) is 11.0. The van der Waals surface area contributed by atoms with E-state index in [2.05, 4.69) is 89.2 Å². The lowest BCUT2D eigenvalue weighted by molar-refractivity contribution is 0.586. The molecule has 2 aromatic carbocycles. The molecule has 0 fully saturated rings. The summed E-state index contributed by atoms with van der Waals surface area (Å²) in [5.41, 5.74) is 4.28. The average Bonchev–Trinajstić information content (AvgIpc) is 2.54. The van der Waals surface area contributed by atoms with Crippen LogP contribution in [0.5, 0.6) is 0 Å². The molecule has 24 heavy (non-hydrogen) atoms. The second kappa shape index (κ2) is 12.8. The quantitative estimate of drug-likeness (QED) is 0.515. The summed E-state index contributed by atoms with van der Waals surface area (Å²) < 4.78 is 0. The number of aryl methyl sites for hydroxylation is 3. The van der Waals surface area contributed by atoms with Gasteiger partial charge < -0.3 is 0 Å². The van der Waals surface area contributed by atoms with Crippen LogP contribution >= 0.6 is 0 Å². The van der Waals surface area contributed by atoms with Crippen molar-refractivity contribution in [1.29, 1.82) is 0 Å². The third kappa shape index (κ3) is 11.0. The van der Waals surface area contributed by atoms with Gasteiger partial charge in [0.15, 0.2) is 0 Å². The number of hydrogen-bond donors (Lipinski definition) is 0. The molecule has 0 aliphatic heterocycles. The molecule has 0 aliphatic rings. The Labute approximate surface area is 151 Å². The summed E-state index contributed by atoms with van der Waals surface area (Å²) >= 11 is 0. The zero-order valence-corrected chi connectivity index (χ0v) is 15.7. The first-order valence-electron chi connectivity index (χ1n) is 9.07. The van der Waals surface area contributed by atoms with E-state index in [1.165, 1.54) is 42.4 Å². The molecule has 0 nitrogen and oxygen atoms in total. The Hall–Kier alpha value is -1.56. The van der Waals surface area contributed by atoms with Gasteiger partial charge in [-0.25, -0.2) is 0 Å². The topological polar surface area (TPSA) is 0 Å². The Balaban J connectivity index is 0.000000425. The number of benzene rings is 2. The Bertz CT molecular complexity index is 505. The van der Waals surface area contributed by atoms with E-state index in [0.29, 0.717) is 0 Å². The molecule has 0 radical (unpaired) electrons. The minimum atomic E-state index is 0. The van der Waals surface area contributed by atoms with E-state index in [1.807, 2.05) is 0 Å². The average molecular weight is 327 g/mol. The van der Waals surface area contributed by atoms with Gasteiger partial charge in [0.2, 0.25) is 0 Å². The molecule has 0 atom stereocenters. The predicted molar refractivity (Wildman–Crippen MR) is 111 cm³/mol.